The number of carbonyl (C=O) groups is 1. The highest BCUT2D eigenvalue weighted by atomic mass is 35.5. The largest absolute Gasteiger partial charge is 0.457 e. The average Bonchev–Trinajstić information content (AvgIpc) is 2.38. The molecular formula is C14H10ClFO2. The molecule has 0 fully saturated rings. The quantitative estimate of drug-likeness (QED) is 0.788. The summed E-state index contributed by atoms with van der Waals surface area (Å²) in [6.45, 7) is 0.160. The molecule has 92 valence electrons. The van der Waals surface area contributed by atoms with E-state index in [0.29, 0.717) is 10.6 Å². The smallest absolute Gasteiger partial charge is 0.338 e. The van der Waals surface area contributed by atoms with E-state index in [4.69, 9.17) is 16.3 Å². The van der Waals surface area contributed by atoms with E-state index in [9.17, 15) is 9.18 Å². The van der Waals surface area contributed by atoms with Crippen molar-refractivity contribution in [2.24, 2.45) is 0 Å². The van der Waals surface area contributed by atoms with Crippen molar-refractivity contribution in [3.05, 3.63) is 70.5 Å². The summed E-state index contributed by atoms with van der Waals surface area (Å²) in [6, 6.07) is 12.2. The van der Waals surface area contributed by atoms with Crippen molar-refractivity contribution in [3.63, 3.8) is 0 Å². The second kappa shape index (κ2) is 5.65. The SMILES string of the molecule is O=C(OCc1ccc(Cl)cc1)c1ccc(F)cc1. The van der Waals surface area contributed by atoms with Gasteiger partial charge in [-0.05, 0) is 42.0 Å². The van der Waals surface area contributed by atoms with Gasteiger partial charge in [-0.2, -0.15) is 0 Å². The molecule has 2 aromatic rings. The number of rotatable bonds is 3. The Bertz CT molecular complexity index is 535. The summed E-state index contributed by atoms with van der Waals surface area (Å²) < 4.78 is 17.8. The maximum Gasteiger partial charge on any atom is 0.338 e. The van der Waals surface area contributed by atoms with Crippen LogP contribution in [-0.4, -0.2) is 5.97 Å². The van der Waals surface area contributed by atoms with Crippen LogP contribution in [0.5, 0.6) is 0 Å². The zero-order valence-corrected chi connectivity index (χ0v) is 10.2. The lowest BCUT2D eigenvalue weighted by Gasteiger charge is -2.05. The molecule has 0 amide bonds. The zero-order valence-electron chi connectivity index (χ0n) is 9.40. The third-order valence-electron chi connectivity index (χ3n) is 2.36. The van der Waals surface area contributed by atoms with Crippen molar-refractivity contribution in [2.75, 3.05) is 0 Å². The molecule has 2 nitrogen and oxygen atoms in total. The average molecular weight is 265 g/mol. The monoisotopic (exact) mass is 264 g/mol. The van der Waals surface area contributed by atoms with Crippen LogP contribution >= 0.6 is 11.6 Å². The fourth-order valence-electron chi connectivity index (χ4n) is 1.40. The summed E-state index contributed by atoms with van der Waals surface area (Å²) in [5.41, 5.74) is 1.17. The molecule has 0 spiro atoms. The van der Waals surface area contributed by atoms with Crippen LogP contribution < -0.4 is 0 Å². The van der Waals surface area contributed by atoms with E-state index >= 15 is 0 Å². The molecule has 4 heteroatoms. The van der Waals surface area contributed by atoms with Gasteiger partial charge in [-0.1, -0.05) is 23.7 Å². The number of halogens is 2. The molecule has 0 aliphatic rings. The van der Waals surface area contributed by atoms with E-state index in [1.165, 1.54) is 24.3 Å². The van der Waals surface area contributed by atoms with Crippen LogP contribution in [0.3, 0.4) is 0 Å². The van der Waals surface area contributed by atoms with Crippen LogP contribution in [0.25, 0.3) is 0 Å². The molecule has 0 unspecified atom stereocenters. The minimum Gasteiger partial charge on any atom is -0.457 e. The Hall–Kier alpha value is -1.87. The summed E-state index contributed by atoms with van der Waals surface area (Å²) in [6.07, 6.45) is 0. The van der Waals surface area contributed by atoms with Crippen LogP contribution in [0.2, 0.25) is 5.02 Å². The molecule has 18 heavy (non-hydrogen) atoms. The minimum atomic E-state index is -0.482. The number of ether oxygens (including phenoxy) is 1. The first-order valence-corrected chi connectivity index (χ1v) is 5.70. The van der Waals surface area contributed by atoms with Gasteiger partial charge < -0.3 is 4.74 Å². The number of hydrogen-bond acceptors (Lipinski definition) is 2. The van der Waals surface area contributed by atoms with Gasteiger partial charge in [0.25, 0.3) is 0 Å². The molecule has 0 atom stereocenters. The zero-order chi connectivity index (χ0) is 13.0. The van der Waals surface area contributed by atoms with Gasteiger partial charge in [0.2, 0.25) is 0 Å². The van der Waals surface area contributed by atoms with Gasteiger partial charge in [0.05, 0.1) is 5.56 Å². The number of carbonyl (C=O) groups excluding carboxylic acids is 1. The van der Waals surface area contributed by atoms with Gasteiger partial charge in [0.15, 0.2) is 0 Å². The highest BCUT2D eigenvalue weighted by molar-refractivity contribution is 6.30. The minimum absolute atomic E-state index is 0.160. The van der Waals surface area contributed by atoms with Crippen molar-refractivity contribution >= 4 is 17.6 Å². The van der Waals surface area contributed by atoms with Crippen molar-refractivity contribution < 1.29 is 13.9 Å². The molecular weight excluding hydrogens is 255 g/mol. The van der Waals surface area contributed by atoms with Crippen molar-refractivity contribution in [1.29, 1.82) is 0 Å². The van der Waals surface area contributed by atoms with Gasteiger partial charge in [0, 0.05) is 5.02 Å². The first kappa shape index (κ1) is 12.6. The first-order valence-electron chi connectivity index (χ1n) is 5.32. The topological polar surface area (TPSA) is 26.3 Å². The second-order valence-electron chi connectivity index (χ2n) is 3.71. The summed E-state index contributed by atoms with van der Waals surface area (Å²) in [5, 5.41) is 0.628. The maximum atomic E-state index is 12.7. The number of benzene rings is 2. The third-order valence-corrected chi connectivity index (χ3v) is 2.62. The van der Waals surface area contributed by atoms with E-state index in [1.54, 1.807) is 24.3 Å². The van der Waals surface area contributed by atoms with E-state index in [0.717, 1.165) is 5.56 Å². The number of hydrogen-bond donors (Lipinski definition) is 0. The molecule has 0 N–H and O–H groups in total. The lowest BCUT2D eigenvalue weighted by molar-refractivity contribution is 0.0472. The molecule has 2 aromatic carbocycles. The van der Waals surface area contributed by atoms with E-state index in [-0.39, 0.29) is 12.4 Å². The lowest BCUT2D eigenvalue weighted by atomic mass is 10.2. The van der Waals surface area contributed by atoms with Crippen LogP contribution in [0.15, 0.2) is 48.5 Å². The van der Waals surface area contributed by atoms with Crippen LogP contribution in [0.4, 0.5) is 4.39 Å². The third kappa shape index (κ3) is 3.31. The van der Waals surface area contributed by atoms with Gasteiger partial charge >= 0.3 is 5.97 Å². The fraction of sp³-hybridized carbons (Fsp3) is 0.0714. The van der Waals surface area contributed by atoms with Crippen molar-refractivity contribution in [2.45, 2.75) is 6.61 Å². The Morgan fingerprint density at radius 2 is 1.67 bits per heavy atom. The Morgan fingerprint density at radius 3 is 2.28 bits per heavy atom. The van der Waals surface area contributed by atoms with E-state index in [1.807, 2.05) is 0 Å². The summed E-state index contributed by atoms with van der Waals surface area (Å²) in [5.74, 6) is -0.866. The molecule has 0 radical (unpaired) electrons. The van der Waals surface area contributed by atoms with Crippen LogP contribution in [0.1, 0.15) is 15.9 Å². The van der Waals surface area contributed by atoms with Crippen molar-refractivity contribution in [3.8, 4) is 0 Å². The molecule has 0 heterocycles. The molecule has 2 rings (SSSR count). The molecule has 0 saturated heterocycles. The normalized spacial score (nSPS) is 10.1. The molecule has 0 aromatic heterocycles. The Balaban J connectivity index is 1.96. The first-order chi connectivity index (χ1) is 8.65. The molecule has 0 aliphatic heterocycles. The molecule has 0 aliphatic carbocycles. The Morgan fingerprint density at radius 1 is 1.06 bits per heavy atom. The lowest BCUT2D eigenvalue weighted by Crippen LogP contribution is -2.05. The summed E-state index contributed by atoms with van der Waals surface area (Å²) in [4.78, 5) is 11.6. The second-order valence-corrected chi connectivity index (χ2v) is 4.15. The summed E-state index contributed by atoms with van der Waals surface area (Å²) in [7, 11) is 0. The highest BCUT2D eigenvalue weighted by Gasteiger charge is 2.07. The van der Waals surface area contributed by atoms with E-state index in [2.05, 4.69) is 0 Å². The highest BCUT2D eigenvalue weighted by Crippen LogP contribution is 2.11. The van der Waals surface area contributed by atoms with Crippen LogP contribution in [0, 0.1) is 5.82 Å². The molecule has 0 bridgehead atoms. The fourth-order valence-corrected chi connectivity index (χ4v) is 1.52. The van der Waals surface area contributed by atoms with Gasteiger partial charge in [-0.25, -0.2) is 9.18 Å². The van der Waals surface area contributed by atoms with Gasteiger partial charge in [-0.3, -0.25) is 0 Å². The predicted molar refractivity (Wildman–Crippen MR) is 67.0 cm³/mol. The Labute approximate surface area is 109 Å². The van der Waals surface area contributed by atoms with Crippen LogP contribution in [-0.2, 0) is 11.3 Å². The molecule has 0 saturated carbocycles. The number of esters is 1. The standard InChI is InChI=1S/C14H10ClFO2/c15-12-5-1-10(2-6-12)9-18-14(17)11-3-7-13(16)8-4-11/h1-8H,9H2. The van der Waals surface area contributed by atoms with Crippen molar-refractivity contribution in [1.82, 2.24) is 0 Å². The van der Waals surface area contributed by atoms with Gasteiger partial charge in [0.1, 0.15) is 12.4 Å². The van der Waals surface area contributed by atoms with E-state index < -0.39 is 5.97 Å². The Kier molecular flexibility index (Phi) is 3.95. The predicted octanol–water partition coefficient (Wildman–Crippen LogP) is 3.84. The summed E-state index contributed by atoms with van der Waals surface area (Å²) >= 11 is 5.74. The van der Waals surface area contributed by atoms with Gasteiger partial charge in [-0.15, -0.1) is 0 Å². The maximum absolute atomic E-state index is 12.7.